The van der Waals surface area contributed by atoms with Gasteiger partial charge in [0.2, 0.25) is 0 Å². The quantitative estimate of drug-likeness (QED) is 0.544. The molecule has 1 aliphatic carbocycles. The molecule has 0 aliphatic heterocycles. The van der Waals surface area contributed by atoms with Crippen LogP contribution in [0, 0.1) is 0 Å². The second-order valence-electron chi connectivity index (χ2n) is 2.62. The molecule has 0 N–H and O–H groups in total. The van der Waals surface area contributed by atoms with Crippen molar-refractivity contribution in [3.63, 3.8) is 0 Å². The molecule has 0 heteroatoms. The number of rotatable bonds is 2. The van der Waals surface area contributed by atoms with E-state index in [0.717, 1.165) is 12.8 Å². The molecular formula is C10H14. The van der Waals surface area contributed by atoms with Crippen molar-refractivity contribution in [1.29, 1.82) is 0 Å². The molecule has 1 rings (SSSR count). The van der Waals surface area contributed by atoms with Gasteiger partial charge in [-0.2, -0.15) is 0 Å². The molecule has 0 heterocycles. The van der Waals surface area contributed by atoms with Gasteiger partial charge in [0.1, 0.15) is 0 Å². The molecule has 54 valence electrons. The first kappa shape index (κ1) is 7.33. The maximum absolute atomic E-state index is 3.93. The van der Waals surface area contributed by atoms with Gasteiger partial charge in [0.05, 0.1) is 0 Å². The summed E-state index contributed by atoms with van der Waals surface area (Å²) in [7, 11) is 0. The van der Waals surface area contributed by atoms with Crippen LogP contribution in [0.1, 0.15) is 26.7 Å². The van der Waals surface area contributed by atoms with Crippen molar-refractivity contribution in [3.8, 4) is 0 Å². The molecule has 0 amide bonds. The molecular weight excluding hydrogens is 120 g/mol. The third-order valence-corrected chi connectivity index (χ3v) is 2.16. The maximum atomic E-state index is 3.93. The molecule has 0 unspecified atom stereocenters. The average molecular weight is 134 g/mol. The summed E-state index contributed by atoms with van der Waals surface area (Å²) in [4.78, 5) is 0. The highest BCUT2D eigenvalue weighted by atomic mass is 14.3. The summed E-state index contributed by atoms with van der Waals surface area (Å²) in [5.41, 5.74) is 5.23. The highest BCUT2D eigenvalue weighted by Crippen LogP contribution is 2.40. The third kappa shape index (κ3) is 0.756. The number of allylic oxidation sites excluding steroid dienone is 4. The lowest BCUT2D eigenvalue weighted by atomic mass is 9.77. The van der Waals surface area contributed by atoms with E-state index in [1.807, 2.05) is 0 Å². The first-order valence-electron chi connectivity index (χ1n) is 3.83. The van der Waals surface area contributed by atoms with E-state index in [1.165, 1.54) is 22.3 Å². The maximum Gasteiger partial charge on any atom is -0.0224 e. The van der Waals surface area contributed by atoms with Crippen LogP contribution in [-0.2, 0) is 0 Å². The van der Waals surface area contributed by atoms with Crippen LogP contribution in [0.25, 0.3) is 0 Å². The lowest BCUT2D eigenvalue weighted by Crippen LogP contribution is -2.09. The van der Waals surface area contributed by atoms with E-state index in [1.54, 1.807) is 0 Å². The molecule has 1 aliphatic rings. The zero-order valence-electron chi connectivity index (χ0n) is 6.83. The highest BCUT2D eigenvalue weighted by molar-refractivity contribution is 5.67. The van der Waals surface area contributed by atoms with Crippen LogP contribution in [0.3, 0.4) is 0 Å². The Bertz CT molecular complexity index is 192. The van der Waals surface area contributed by atoms with Crippen molar-refractivity contribution < 1.29 is 0 Å². The number of hydrogen-bond donors (Lipinski definition) is 0. The van der Waals surface area contributed by atoms with Gasteiger partial charge in [-0.15, -0.1) is 0 Å². The van der Waals surface area contributed by atoms with E-state index in [4.69, 9.17) is 0 Å². The molecule has 0 aromatic rings. The summed E-state index contributed by atoms with van der Waals surface area (Å²) < 4.78 is 0. The van der Waals surface area contributed by atoms with E-state index in [9.17, 15) is 0 Å². The van der Waals surface area contributed by atoms with Crippen LogP contribution in [0.2, 0.25) is 0 Å². The second kappa shape index (κ2) is 2.45. The van der Waals surface area contributed by atoms with Crippen molar-refractivity contribution in [2.24, 2.45) is 0 Å². The zero-order chi connectivity index (χ0) is 7.72. The summed E-state index contributed by atoms with van der Waals surface area (Å²) in [6, 6.07) is 0. The minimum Gasteiger partial charge on any atom is -0.0909 e. The van der Waals surface area contributed by atoms with Crippen molar-refractivity contribution in [1.82, 2.24) is 0 Å². The van der Waals surface area contributed by atoms with Crippen LogP contribution in [0.4, 0.5) is 0 Å². The van der Waals surface area contributed by atoms with E-state index in [-0.39, 0.29) is 0 Å². The van der Waals surface area contributed by atoms with Crippen LogP contribution < -0.4 is 0 Å². The van der Waals surface area contributed by atoms with Gasteiger partial charge < -0.3 is 0 Å². The largest absolute Gasteiger partial charge is 0.0909 e. The Morgan fingerprint density at radius 1 is 0.900 bits per heavy atom. The lowest BCUT2D eigenvalue weighted by Gasteiger charge is -2.28. The summed E-state index contributed by atoms with van der Waals surface area (Å²) >= 11 is 0. The van der Waals surface area contributed by atoms with Crippen LogP contribution in [0.15, 0.2) is 35.5 Å². The first-order chi connectivity index (χ1) is 4.72. The molecule has 0 nitrogen and oxygen atoms in total. The molecule has 10 heavy (non-hydrogen) atoms. The van der Waals surface area contributed by atoms with Gasteiger partial charge in [0, 0.05) is 0 Å². The second-order valence-corrected chi connectivity index (χ2v) is 2.62. The van der Waals surface area contributed by atoms with Gasteiger partial charge in [-0.25, -0.2) is 0 Å². The van der Waals surface area contributed by atoms with E-state index in [0.29, 0.717) is 0 Å². The summed E-state index contributed by atoms with van der Waals surface area (Å²) in [5, 5.41) is 0. The number of hydrogen-bond acceptors (Lipinski definition) is 0. The first-order valence-corrected chi connectivity index (χ1v) is 3.83. The Kier molecular flexibility index (Phi) is 1.80. The Morgan fingerprint density at radius 2 is 1.20 bits per heavy atom. The molecule has 0 bridgehead atoms. The van der Waals surface area contributed by atoms with Crippen molar-refractivity contribution in [2.75, 3.05) is 0 Å². The zero-order valence-corrected chi connectivity index (χ0v) is 6.83. The summed E-state index contributed by atoms with van der Waals surface area (Å²) in [6.07, 6.45) is 2.22. The Morgan fingerprint density at radius 3 is 1.40 bits per heavy atom. The minimum absolute atomic E-state index is 1.11. The van der Waals surface area contributed by atoms with E-state index < -0.39 is 0 Å². The smallest absolute Gasteiger partial charge is 0.0224 e. The average Bonchev–Trinajstić information content (AvgIpc) is 1.97. The fourth-order valence-corrected chi connectivity index (χ4v) is 1.52. The van der Waals surface area contributed by atoms with Gasteiger partial charge in [-0.05, 0) is 35.1 Å². The Labute approximate surface area is 62.9 Å². The molecule has 0 aromatic heterocycles. The van der Waals surface area contributed by atoms with Gasteiger partial charge in [0.15, 0.2) is 0 Å². The third-order valence-electron chi connectivity index (χ3n) is 2.16. The topological polar surface area (TPSA) is 0 Å². The van der Waals surface area contributed by atoms with Gasteiger partial charge in [0.25, 0.3) is 0 Å². The van der Waals surface area contributed by atoms with E-state index in [2.05, 4.69) is 27.0 Å². The molecule has 0 fully saturated rings. The molecule has 0 spiro atoms. The summed E-state index contributed by atoms with van der Waals surface area (Å²) in [5.74, 6) is 0. The Balaban J connectivity index is 2.94. The summed E-state index contributed by atoms with van der Waals surface area (Å²) in [6.45, 7) is 12.2. The minimum atomic E-state index is 1.11. The van der Waals surface area contributed by atoms with E-state index >= 15 is 0 Å². The standard InChI is InChI=1S/C10H14/c1-5-9-7(3)8(4)10(9)6-2/h3-6H2,1-2H3. The fourth-order valence-electron chi connectivity index (χ4n) is 1.52. The van der Waals surface area contributed by atoms with Gasteiger partial charge in [-0.3, -0.25) is 0 Å². The molecule has 0 saturated carbocycles. The fraction of sp³-hybridized carbons (Fsp3) is 0.400. The SMILES string of the molecule is C=C1C(=C)C(CC)=C1CC. The highest BCUT2D eigenvalue weighted by Gasteiger charge is 2.21. The molecule has 0 atom stereocenters. The van der Waals surface area contributed by atoms with Crippen molar-refractivity contribution >= 4 is 0 Å². The molecule has 0 aromatic carbocycles. The van der Waals surface area contributed by atoms with Gasteiger partial charge >= 0.3 is 0 Å². The predicted octanol–water partition coefficient (Wildman–Crippen LogP) is 3.23. The monoisotopic (exact) mass is 134 g/mol. The van der Waals surface area contributed by atoms with Crippen molar-refractivity contribution in [2.45, 2.75) is 26.7 Å². The van der Waals surface area contributed by atoms with Gasteiger partial charge in [-0.1, -0.05) is 27.0 Å². The molecule has 0 saturated heterocycles. The van der Waals surface area contributed by atoms with Crippen LogP contribution in [-0.4, -0.2) is 0 Å². The normalized spacial score (nSPS) is 17.8. The van der Waals surface area contributed by atoms with Crippen molar-refractivity contribution in [3.05, 3.63) is 35.5 Å². The Hall–Kier alpha value is -0.780. The van der Waals surface area contributed by atoms with Crippen LogP contribution >= 0.6 is 0 Å². The lowest BCUT2D eigenvalue weighted by molar-refractivity contribution is 0.959. The molecule has 0 radical (unpaired) electrons. The van der Waals surface area contributed by atoms with Crippen LogP contribution in [0.5, 0.6) is 0 Å². The predicted molar refractivity (Wildman–Crippen MR) is 45.9 cm³/mol.